The molecule has 0 saturated heterocycles. The van der Waals surface area contributed by atoms with E-state index in [9.17, 15) is 4.79 Å². The van der Waals surface area contributed by atoms with Crippen LogP contribution < -0.4 is 10.6 Å². The highest BCUT2D eigenvalue weighted by molar-refractivity contribution is 9.10. The lowest BCUT2D eigenvalue weighted by molar-refractivity contribution is 0.102. The molecule has 1 amide bonds. The average molecular weight is 346 g/mol. The number of nitrogens with one attached hydrogen (secondary N) is 2. The Kier molecular flexibility index (Phi) is 3.92. The second kappa shape index (κ2) is 5.85. The molecule has 1 aromatic carbocycles. The fourth-order valence-electron chi connectivity index (χ4n) is 2.47. The quantitative estimate of drug-likeness (QED) is 0.871. The second-order valence-corrected chi connectivity index (χ2v) is 6.09. The fourth-order valence-corrected chi connectivity index (χ4v) is 2.91. The van der Waals surface area contributed by atoms with Crippen LogP contribution in [0.25, 0.3) is 0 Å². The molecule has 108 valence electrons. The molecule has 0 fully saturated rings. The van der Waals surface area contributed by atoms with Crippen LogP contribution in [0, 0.1) is 6.92 Å². The first-order valence-corrected chi connectivity index (χ1v) is 7.73. The van der Waals surface area contributed by atoms with E-state index >= 15 is 0 Å². The van der Waals surface area contributed by atoms with Gasteiger partial charge in [0.2, 0.25) is 0 Å². The van der Waals surface area contributed by atoms with E-state index in [0.29, 0.717) is 11.4 Å². The molecule has 2 heterocycles. The zero-order valence-electron chi connectivity index (χ0n) is 11.7. The highest BCUT2D eigenvalue weighted by Crippen LogP contribution is 2.24. The number of carbonyl (C=O) groups excluding carboxylic acids is 1. The predicted octanol–water partition coefficient (Wildman–Crippen LogP) is 3.76. The summed E-state index contributed by atoms with van der Waals surface area (Å²) in [5, 5.41) is 6.21. The van der Waals surface area contributed by atoms with Crippen LogP contribution in [-0.4, -0.2) is 17.4 Å². The number of aromatic nitrogens is 1. The van der Waals surface area contributed by atoms with Gasteiger partial charge in [-0.05, 0) is 71.1 Å². The second-order valence-electron chi connectivity index (χ2n) is 5.18. The lowest BCUT2D eigenvalue weighted by atomic mass is 10.0. The molecule has 5 heteroatoms. The first-order chi connectivity index (χ1) is 10.1. The van der Waals surface area contributed by atoms with E-state index in [1.165, 1.54) is 5.56 Å². The fraction of sp³-hybridized carbons (Fsp3) is 0.250. The topological polar surface area (TPSA) is 54.0 Å². The van der Waals surface area contributed by atoms with Gasteiger partial charge in [0.1, 0.15) is 5.82 Å². The van der Waals surface area contributed by atoms with Crippen LogP contribution in [0.5, 0.6) is 0 Å². The highest BCUT2D eigenvalue weighted by Gasteiger charge is 2.13. The predicted molar refractivity (Wildman–Crippen MR) is 87.9 cm³/mol. The molecule has 2 aromatic rings. The van der Waals surface area contributed by atoms with Crippen LogP contribution in [0.15, 0.2) is 34.9 Å². The summed E-state index contributed by atoms with van der Waals surface area (Å²) in [5.74, 6) is 0.473. The standard InChI is InChI=1S/C16H16BrN3O/c1-10-7-13(17)9-19-15(10)20-16(21)12-4-5-14-11(8-12)3-2-6-18-14/h4-5,7-9,18H,2-3,6H2,1H3,(H,19,20,21). The minimum absolute atomic E-state index is 0.124. The Balaban J connectivity index is 1.82. The number of rotatable bonds is 2. The van der Waals surface area contributed by atoms with Crippen molar-refractivity contribution in [2.24, 2.45) is 0 Å². The van der Waals surface area contributed by atoms with Gasteiger partial charge in [-0.25, -0.2) is 4.98 Å². The van der Waals surface area contributed by atoms with E-state index in [-0.39, 0.29) is 5.91 Å². The van der Waals surface area contributed by atoms with Gasteiger partial charge in [-0.2, -0.15) is 0 Å². The monoisotopic (exact) mass is 345 g/mol. The van der Waals surface area contributed by atoms with Gasteiger partial charge in [-0.3, -0.25) is 4.79 Å². The number of fused-ring (bicyclic) bond motifs is 1. The third-order valence-corrected chi connectivity index (χ3v) is 4.02. The van der Waals surface area contributed by atoms with Crippen LogP contribution >= 0.6 is 15.9 Å². The maximum atomic E-state index is 12.4. The average Bonchev–Trinajstić information content (AvgIpc) is 2.49. The summed E-state index contributed by atoms with van der Waals surface area (Å²) < 4.78 is 0.901. The maximum Gasteiger partial charge on any atom is 0.256 e. The number of hydrogen-bond donors (Lipinski definition) is 2. The summed E-state index contributed by atoms with van der Waals surface area (Å²) >= 11 is 3.37. The Morgan fingerprint density at radius 3 is 3.05 bits per heavy atom. The summed E-state index contributed by atoms with van der Waals surface area (Å²) in [6, 6.07) is 7.72. The molecular formula is C16H16BrN3O. The first-order valence-electron chi connectivity index (χ1n) is 6.94. The third kappa shape index (κ3) is 3.08. The van der Waals surface area contributed by atoms with E-state index < -0.39 is 0 Å². The molecule has 0 spiro atoms. The molecule has 21 heavy (non-hydrogen) atoms. The Labute approximate surface area is 132 Å². The molecule has 0 atom stereocenters. The van der Waals surface area contributed by atoms with Gasteiger partial charge in [0, 0.05) is 28.5 Å². The Bertz CT molecular complexity index is 700. The van der Waals surface area contributed by atoms with Crippen molar-refractivity contribution in [3.8, 4) is 0 Å². The lowest BCUT2D eigenvalue weighted by Crippen LogP contribution is -2.16. The number of nitrogens with zero attached hydrogens (tertiary/aromatic N) is 1. The molecule has 0 radical (unpaired) electrons. The zero-order chi connectivity index (χ0) is 14.8. The maximum absolute atomic E-state index is 12.4. The van der Waals surface area contributed by atoms with Crippen LogP contribution in [0.1, 0.15) is 27.9 Å². The molecule has 1 aliphatic heterocycles. The zero-order valence-corrected chi connectivity index (χ0v) is 13.3. The van der Waals surface area contributed by atoms with Gasteiger partial charge in [0.05, 0.1) is 0 Å². The molecule has 1 aliphatic rings. The van der Waals surface area contributed by atoms with Crippen molar-refractivity contribution in [2.45, 2.75) is 19.8 Å². The SMILES string of the molecule is Cc1cc(Br)cnc1NC(=O)c1ccc2c(c1)CCCN2. The first kappa shape index (κ1) is 14.1. The molecule has 0 aliphatic carbocycles. The van der Waals surface area contributed by atoms with Crippen molar-refractivity contribution in [1.82, 2.24) is 4.98 Å². The summed E-state index contributed by atoms with van der Waals surface area (Å²) in [4.78, 5) is 16.6. The Morgan fingerprint density at radius 1 is 1.38 bits per heavy atom. The van der Waals surface area contributed by atoms with Crippen LogP contribution in [0.2, 0.25) is 0 Å². The van der Waals surface area contributed by atoms with Gasteiger partial charge in [0.15, 0.2) is 0 Å². The van der Waals surface area contributed by atoms with Gasteiger partial charge >= 0.3 is 0 Å². The van der Waals surface area contributed by atoms with Crippen molar-refractivity contribution in [1.29, 1.82) is 0 Å². The highest BCUT2D eigenvalue weighted by atomic mass is 79.9. The minimum Gasteiger partial charge on any atom is -0.385 e. The third-order valence-electron chi connectivity index (χ3n) is 3.58. The molecule has 0 unspecified atom stereocenters. The molecule has 0 saturated carbocycles. The molecular weight excluding hydrogens is 330 g/mol. The van der Waals surface area contributed by atoms with Crippen molar-refractivity contribution >= 4 is 33.3 Å². The molecule has 1 aromatic heterocycles. The van der Waals surface area contributed by atoms with Gasteiger partial charge < -0.3 is 10.6 Å². The summed E-state index contributed by atoms with van der Waals surface area (Å²) in [6.45, 7) is 2.92. The number of anilines is 2. The van der Waals surface area contributed by atoms with Crippen molar-refractivity contribution < 1.29 is 4.79 Å². The number of pyridine rings is 1. The largest absolute Gasteiger partial charge is 0.385 e. The van der Waals surface area contributed by atoms with Gasteiger partial charge in [-0.15, -0.1) is 0 Å². The van der Waals surface area contributed by atoms with E-state index in [1.807, 2.05) is 31.2 Å². The van der Waals surface area contributed by atoms with E-state index in [0.717, 1.165) is 35.1 Å². The van der Waals surface area contributed by atoms with Crippen LogP contribution in [0.4, 0.5) is 11.5 Å². The Morgan fingerprint density at radius 2 is 2.24 bits per heavy atom. The van der Waals surface area contributed by atoms with Crippen molar-refractivity contribution in [2.75, 3.05) is 17.2 Å². The van der Waals surface area contributed by atoms with Crippen molar-refractivity contribution in [3.63, 3.8) is 0 Å². The number of aryl methyl sites for hydroxylation is 2. The number of hydrogen-bond acceptors (Lipinski definition) is 3. The summed E-state index contributed by atoms with van der Waals surface area (Å²) in [5.41, 5.74) is 3.93. The van der Waals surface area contributed by atoms with Crippen molar-refractivity contribution in [3.05, 3.63) is 51.6 Å². The molecule has 3 rings (SSSR count). The number of carbonyl (C=O) groups is 1. The number of benzene rings is 1. The number of halogens is 1. The van der Waals surface area contributed by atoms with Gasteiger partial charge in [-0.1, -0.05) is 0 Å². The lowest BCUT2D eigenvalue weighted by Gasteiger charge is -2.18. The van der Waals surface area contributed by atoms with Crippen LogP contribution in [-0.2, 0) is 6.42 Å². The number of amides is 1. The van der Waals surface area contributed by atoms with Gasteiger partial charge in [0.25, 0.3) is 5.91 Å². The summed E-state index contributed by atoms with van der Waals surface area (Å²) in [7, 11) is 0. The van der Waals surface area contributed by atoms with Crippen LogP contribution in [0.3, 0.4) is 0 Å². The molecule has 4 nitrogen and oxygen atoms in total. The molecule has 0 bridgehead atoms. The van der Waals surface area contributed by atoms with E-state index in [4.69, 9.17) is 0 Å². The van der Waals surface area contributed by atoms with E-state index in [1.54, 1.807) is 6.20 Å². The summed E-state index contributed by atoms with van der Waals surface area (Å²) in [6.07, 6.45) is 3.80. The minimum atomic E-state index is -0.124. The Hall–Kier alpha value is -1.88. The molecule has 2 N–H and O–H groups in total. The van der Waals surface area contributed by atoms with E-state index in [2.05, 4.69) is 31.5 Å². The smallest absolute Gasteiger partial charge is 0.256 e. The normalized spacial score (nSPS) is 13.2.